The van der Waals surface area contributed by atoms with Crippen LogP contribution in [0.2, 0.25) is 0 Å². The van der Waals surface area contributed by atoms with Crippen LogP contribution in [0, 0.1) is 5.92 Å². The molecule has 0 aliphatic carbocycles. The van der Waals surface area contributed by atoms with Gasteiger partial charge in [-0.3, -0.25) is 4.79 Å². The van der Waals surface area contributed by atoms with Crippen LogP contribution in [0.25, 0.3) is 0 Å². The van der Waals surface area contributed by atoms with Crippen LogP contribution in [-0.2, 0) is 24.3 Å². The molecule has 1 unspecified atom stereocenters. The summed E-state index contributed by atoms with van der Waals surface area (Å²) < 4.78 is 31.3. The third kappa shape index (κ3) is 5.15. The minimum atomic E-state index is -3.24. The number of carbonyl (C=O) groups is 2. The highest BCUT2D eigenvalue weighted by Gasteiger charge is 2.37. The Labute approximate surface area is 149 Å². The van der Waals surface area contributed by atoms with Gasteiger partial charge in [-0.05, 0) is 26.2 Å². The van der Waals surface area contributed by atoms with Crippen molar-refractivity contribution in [2.45, 2.75) is 51.7 Å². The number of hydrogen-bond donors (Lipinski definition) is 1. The molecule has 0 saturated carbocycles. The second-order valence-corrected chi connectivity index (χ2v) is 8.95. The van der Waals surface area contributed by atoms with Gasteiger partial charge in [-0.1, -0.05) is 13.3 Å². The van der Waals surface area contributed by atoms with Crippen LogP contribution in [0.5, 0.6) is 0 Å². The second-order valence-electron chi connectivity index (χ2n) is 6.86. The largest absolute Gasteiger partial charge is 0.479 e. The van der Waals surface area contributed by atoms with Gasteiger partial charge in [-0.15, -0.1) is 0 Å². The van der Waals surface area contributed by atoms with E-state index in [4.69, 9.17) is 9.84 Å². The molecule has 0 bridgehead atoms. The van der Waals surface area contributed by atoms with E-state index >= 15 is 0 Å². The second kappa shape index (κ2) is 8.46. The Hall–Kier alpha value is -1.19. The molecule has 0 aromatic rings. The zero-order valence-corrected chi connectivity index (χ0v) is 15.7. The van der Waals surface area contributed by atoms with Crippen molar-refractivity contribution in [2.75, 3.05) is 31.9 Å². The first-order chi connectivity index (χ1) is 11.7. The zero-order valence-electron chi connectivity index (χ0n) is 14.9. The number of carboxylic acids is 1. The molecular formula is C16H28N2O6S. The van der Waals surface area contributed by atoms with E-state index in [2.05, 4.69) is 0 Å². The molecule has 2 fully saturated rings. The molecule has 1 amide bonds. The zero-order chi connectivity index (χ0) is 18.6. The molecule has 2 heterocycles. The fourth-order valence-electron chi connectivity index (χ4n) is 3.36. The summed E-state index contributed by atoms with van der Waals surface area (Å²) in [6, 6.07) is 0. The number of ether oxygens (including phenoxy) is 1. The number of sulfonamides is 1. The highest BCUT2D eigenvalue weighted by molar-refractivity contribution is 7.89. The summed E-state index contributed by atoms with van der Waals surface area (Å²) in [6.07, 6.45) is 1.11. The van der Waals surface area contributed by atoms with Crippen molar-refractivity contribution in [3.05, 3.63) is 0 Å². The number of rotatable bonds is 6. The average molecular weight is 376 g/mol. The number of hydrogen-bond acceptors (Lipinski definition) is 5. The van der Waals surface area contributed by atoms with E-state index in [1.165, 1.54) is 4.31 Å². The Morgan fingerprint density at radius 2 is 1.84 bits per heavy atom. The first-order valence-electron chi connectivity index (χ1n) is 8.89. The van der Waals surface area contributed by atoms with Crippen LogP contribution >= 0.6 is 0 Å². The third-order valence-corrected chi connectivity index (χ3v) is 6.76. The summed E-state index contributed by atoms with van der Waals surface area (Å²) in [5, 5.41) is 9.12. The molecule has 9 heteroatoms. The van der Waals surface area contributed by atoms with Crippen molar-refractivity contribution < 1.29 is 27.9 Å². The van der Waals surface area contributed by atoms with E-state index in [1.54, 1.807) is 11.8 Å². The predicted molar refractivity (Wildman–Crippen MR) is 91.5 cm³/mol. The fraction of sp³-hybridized carbons (Fsp3) is 0.875. The maximum Gasteiger partial charge on any atom is 0.334 e. The Bertz CT molecular complexity index is 585. The number of morpholine rings is 1. The van der Waals surface area contributed by atoms with Crippen molar-refractivity contribution in [1.29, 1.82) is 0 Å². The van der Waals surface area contributed by atoms with Crippen LogP contribution in [0.1, 0.15) is 39.5 Å². The number of amides is 1. The summed E-state index contributed by atoms with van der Waals surface area (Å²) in [5.74, 6) is -1.26. The lowest BCUT2D eigenvalue weighted by Gasteiger charge is -2.38. The van der Waals surface area contributed by atoms with Crippen LogP contribution in [0.15, 0.2) is 0 Å². The van der Waals surface area contributed by atoms with Gasteiger partial charge in [0.1, 0.15) is 0 Å². The molecule has 144 valence electrons. The lowest BCUT2D eigenvalue weighted by molar-refractivity contribution is -0.168. The van der Waals surface area contributed by atoms with Crippen LogP contribution in [0.4, 0.5) is 0 Å². The highest BCUT2D eigenvalue weighted by Crippen LogP contribution is 2.24. The van der Waals surface area contributed by atoms with Gasteiger partial charge < -0.3 is 14.7 Å². The SMILES string of the molecule is CCCCS(=O)(=O)N1CCC(C(=O)N2CC(C(=O)O)O[C@H](C)C2)CC1. The number of unbranched alkanes of at least 4 members (excludes halogenated alkanes) is 1. The van der Waals surface area contributed by atoms with Crippen molar-refractivity contribution in [3.63, 3.8) is 0 Å². The van der Waals surface area contributed by atoms with Gasteiger partial charge in [0.2, 0.25) is 15.9 Å². The van der Waals surface area contributed by atoms with Gasteiger partial charge in [0, 0.05) is 25.6 Å². The van der Waals surface area contributed by atoms with E-state index in [-0.39, 0.29) is 30.2 Å². The molecule has 2 saturated heterocycles. The molecule has 0 aromatic carbocycles. The smallest absolute Gasteiger partial charge is 0.334 e. The van der Waals surface area contributed by atoms with Crippen molar-refractivity contribution in [3.8, 4) is 0 Å². The van der Waals surface area contributed by atoms with E-state index in [0.717, 1.165) is 6.42 Å². The number of aliphatic carboxylic acids is 1. The molecule has 2 aliphatic heterocycles. The summed E-state index contributed by atoms with van der Waals surface area (Å²) in [5.41, 5.74) is 0. The Kier molecular flexibility index (Phi) is 6.81. The maximum atomic E-state index is 12.7. The van der Waals surface area contributed by atoms with Gasteiger partial charge in [-0.25, -0.2) is 17.5 Å². The van der Waals surface area contributed by atoms with Gasteiger partial charge in [0.25, 0.3) is 0 Å². The van der Waals surface area contributed by atoms with Crippen LogP contribution in [-0.4, -0.2) is 78.7 Å². The highest BCUT2D eigenvalue weighted by atomic mass is 32.2. The summed E-state index contributed by atoms with van der Waals surface area (Å²) in [6.45, 7) is 4.83. The Morgan fingerprint density at radius 3 is 2.40 bits per heavy atom. The summed E-state index contributed by atoms with van der Waals surface area (Å²) >= 11 is 0. The normalized spacial score (nSPS) is 26.6. The molecule has 2 atom stereocenters. The van der Waals surface area contributed by atoms with E-state index in [1.807, 2.05) is 6.92 Å². The van der Waals surface area contributed by atoms with Gasteiger partial charge in [0.05, 0.1) is 18.4 Å². The fourth-order valence-corrected chi connectivity index (χ4v) is 5.04. The van der Waals surface area contributed by atoms with Gasteiger partial charge in [-0.2, -0.15) is 0 Å². The first-order valence-corrected chi connectivity index (χ1v) is 10.5. The third-order valence-electron chi connectivity index (χ3n) is 4.80. The summed E-state index contributed by atoms with van der Waals surface area (Å²) in [7, 11) is -3.24. The Morgan fingerprint density at radius 1 is 1.20 bits per heavy atom. The monoisotopic (exact) mass is 376 g/mol. The molecule has 1 N–H and O–H groups in total. The van der Waals surface area contributed by atoms with Crippen LogP contribution in [0.3, 0.4) is 0 Å². The molecular weight excluding hydrogens is 348 g/mol. The van der Waals surface area contributed by atoms with Crippen molar-refractivity contribution in [2.24, 2.45) is 5.92 Å². The molecule has 0 radical (unpaired) electrons. The van der Waals surface area contributed by atoms with E-state index < -0.39 is 22.1 Å². The maximum absolute atomic E-state index is 12.7. The van der Waals surface area contributed by atoms with E-state index in [9.17, 15) is 18.0 Å². The minimum Gasteiger partial charge on any atom is -0.479 e. The molecule has 0 spiro atoms. The van der Waals surface area contributed by atoms with Crippen LogP contribution < -0.4 is 0 Å². The minimum absolute atomic E-state index is 0.0491. The average Bonchev–Trinajstić information content (AvgIpc) is 2.59. The molecule has 0 aromatic heterocycles. The lowest BCUT2D eigenvalue weighted by atomic mass is 9.96. The number of nitrogens with zero attached hydrogens (tertiary/aromatic N) is 2. The molecule has 2 rings (SSSR count). The first kappa shape index (κ1) is 20.1. The van der Waals surface area contributed by atoms with Crippen molar-refractivity contribution in [1.82, 2.24) is 9.21 Å². The topological polar surface area (TPSA) is 104 Å². The molecule has 8 nitrogen and oxygen atoms in total. The molecule has 25 heavy (non-hydrogen) atoms. The quantitative estimate of drug-likeness (QED) is 0.725. The lowest BCUT2D eigenvalue weighted by Crippen LogP contribution is -2.54. The number of carboxylic acid groups (broad SMARTS) is 1. The van der Waals surface area contributed by atoms with E-state index in [0.29, 0.717) is 38.9 Å². The van der Waals surface area contributed by atoms with Gasteiger partial charge in [0.15, 0.2) is 6.10 Å². The summed E-state index contributed by atoms with van der Waals surface area (Å²) in [4.78, 5) is 25.4. The van der Waals surface area contributed by atoms with Gasteiger partial charge >= 0.3 is 5.97 Å². The number of carbonyl (C=O) groups excluding carboxylic acids is 1. The standard InChI is InChI=1S/C16H28N2O6S/c1-3-4-9-25(22,23)18-7-5-13(6-8-18)15(19)17-10-12(2)24-14(11-17)16(20)21/h12-14H,3-11H2,1-2H3,(H,20,21)/t12-,14?/m1/s1. The van der Waals surface area contributed by atoms with Crippen molar-refractivity contribution >= 4 is 21.9 Å². The Balaban J connectivity index is 1.91. The molecule has 2 aliphatic rings. The number of piperidine rings is 1. The predicted octanol–water partition coefficient (Wildman–Crippen LogP) is 0.529.